The van der Waals surface area contributed by atoms with E-state index in [1.807, 2.05) is 0 Å². The van der Waals surface area contributed by atoms with Crippen molar-refractivity contribution < 1.29 is 9.90 Å². The molecule has 0 amide bonds. The Morgan fingerprint density at radius 3 is 2.73 bits per heavy atom. The molecule has 0 saturated heterocycles. The number of carboxylic acids is 1. The predicted octanol–water partition coefficient (Wildman–Crippen LogP) is 2.41. The first-order valence-corrected chi connectivity index (χ1v) is 6.08. The highest BCUT2D eigenvalue weighted by Gasteiger charge is 2.39. The molecule has 0 aromatic heterocycles. The van der Waals surface area contributed by atoms with Crippen LogP contribution in [0.3, 0.4) is 0 Å². The summed E-state index contributed by atoms with van der Waals surface area (Å²) in [6.45, 7) is 5.25. The van der Waals surface area contributed by atoms with Crippen molar-refractivity contribution in [2.75, 3.05) is 6.54 Å². The maximum atomic E-state index is 10.9. The number of nitrogens with one attached hydrogen (secondary N) is 1. The molecule has 2 N–H and O–H groups in total. The van der Waals surface area contributed by atoms with Crippen LogP contribution in [0.2, 0.25) is 0 Å². The summed E-state index contributed by atoms with van der Waals surface area (Å²) in [5.41, 5.74) is -0.109. The zero-order chi connectivity index (χ0) is 11.3. The molecular weight excluding hydrogens is 190 g/mol. The molecule has 0 aliphatic heterocycles. The van der Waals surface area contributed by atoms with Crippen LogP contribution in [0, 0.1) is 5.92 Å². The van der Waals surface area contributed by atoms with Crippen molar-refractivity contribution in [3.63, 3.8) is 0 Å². The van der Waals surface area contributed by atoms with E-state index < -0.39 is 5.97 Å². The Bertz CT molecular complexity index is 218. The largest absolute Gasteiger partial charge is 0.481 e. The van der Waals surface area contributed by atoms with Gasteiger partial charge in [0.25, 0.3) is 0 Å². The third-order valence-corrected chi connectivity index (χ3v) is 3.53. The van der Waals surface area contributed by atoms with E-state index in [0.717, 1.165) is 25.8 Å². The number of hydrogen-bond acceptors (Lipinski definition) is 2. The normalized spacial score (nSPS) is 30.7. The van der Waals surface area contributed by atoms with Gasteiger partial charge < -0.3 is 10.4 Å². The smallest absolute Gasteiger partial charge is 0.305 e. The van der Waals surface area contributed by atoms with Crippen LogP contribution >= 0.6 is 0 Å². The highest BCUT2D eigenvalue weighted by molar-refractivity contribution is 5.68. The van der Waals surface area contributed by atoms with Gasteiger partial charge in [0.15, 0.2) is 0 Å². The van der Waals surface area contributed by atoms with Crippen LogP contribution in [0.1, 0.15) is 52.4 Å². The minimum Gasteiger partial charge on any atom is -0.481 e. The fourth-order valence-corrected chi connectivity index (χ4v) is 2.65. The minimum atomic E-state index is -0.671. The predicted molar refractivity (Wildman–Crippen MR) is 60.9 cm³/mol. The number of carboxylic acid groups (broad SMARTS) is 1. The molecule has 1 saturated carbocycles. The van der Waals surface area contributed by atoms with Gasteiger partial charge in [0.1, 0.15) is 0 Å². The maximum absolute atomic E-state index is 10.9. The first-order valence-electron chi connectivity index (χ1n) is 6.08. The second kappa shape index (κ2) is 5.50. The van der Waals surface area contributed by atoms with Crippen LogP contribution < -0.4 is 5.32 Å². The molecule has 3 nitrogen and oxygen atoms in total. The molecule has 0 heterocycles. The Labute approximate surface area is 92.3 Å². The quantitative estimate of drug-likeness (QED) is 0.712. The fourth-order valence-electron chi connectivity index (χ4n) is 2.65. The molecule has 88 valence electrons. The van der Waals surface area contributed by atoms with Crippen molar-refractivity contribution in [3.05, 3.63) is 0 Å². The molecule has 1 aliphatic carbocycles. The van der Waals surface area contributed by atoms with E-state index in [2.05, 4.69) is 19.2 Å². The van der Waals surface area contributed by atoms with E-state index in [4.69, 9.17) is 5.11 Å². The summed E-state index contributed by atoms with van der Waals surface area (Å²) in [6.07, 6.45) is 5.77. The van der Waals surface area contributed by atoms with Crippen LogP contribution in [0.5, 0.6) is 0 Å². The average molecular weight is 213 g/mol. The van der Waals surface area contributed by atoms with Gasteiger partial charge in [-0.3, -0.25) is 4.79 Å². The Morgan fingerprint density at radius 1 is 1.53 bits per heavy atom. The van der Waals surface area contributed by atoms with Crippen LogP contribution in [0.4, 0.5) is 0 Å². The highest BCUT2D eigenvalue weighted by atomic mass is 16.4. The Balaban J connectivity index is 2.57. The zero-order valence-electron chi connectivity index (χ0n) is 9.88. The van der Waals surface area contributed by atoms with Crippen LogP contribution in [-0.2, 0) is 4.79 Å². The van der Waals surface area contributed by atoms with Gasteiger partial charge in [-0.15, -0.1) is 0 Å². The Kier molecular flexibility index (Phi) is 4.58. The van der Waals surface area contributed by atoms with Crippen molar-refractivity contribution in [1.29, 1.82) is 0 Å². The maximum Gasteiger partial charge on any atom is 0.305 e. The third-order valence-electron chi connectivity index (χ3n) is 3.53. The highest BCUT2D eigenvalue weighted by Crippen LogP contribution is 2.38. The van der Waals surface area contributed by atoms with Gasteiger partial charge >= 0.3 is 5.97 Å². The van der Waals surface area contributed by atoms with E-state index in [1.165, 1.54) is 12.8 Å². The zero-order valence-corrected chi connectivity index (χ0v) is 9.88. The Hall–Kier alpha value is -0.570. The summed E-state index contributed by atoms with van der Waals surface area (Å²) in [5, 5.41) is 12.4. The van der Waals surface area contributed by atoms with Crippen molar-refractivity contribution in [2.24, 2.45) is 5.92 Å². The molecule has 0 aromatic carbocycles. The summed E-state index contributed by atoms with van der Waals surface area (Å²) in [6, 6.07) is 0. The molecule has 0 radical (unpaired) electrons. The standard InChI is InChI=1S/C12H23NO2/c1-3-7-13-12(9-11(14)15)6-5-10(4-2)8-12/h10,13H,3-9H2,1-2H3,(H,14,15). The van der Waals surface area contributed by atoms with E-state index >= 15 is 0 Å². The van der Waals surface area contributed by atoms with Crippen molar-refractivity contribution in [1.82, 2.24) is 5.32 Å². The second-order valence-corrected chi connectivity index (χ2v) is 4.79. The SMILES string of the molecule is CCCNC1(CC(=O)O)CCC(CC)C1. The lowest BCUT2D eigenvalue weighted by Gasteiger charge is -2.29. The van der Waals surface area contributed by atoms with Crippen LogP contribution in [-0.4, -0.2) is 23.2 Å². The molecular formula is C12H23NO2. The first-order chi connectivity index (χ1) is 7.12. The van der Waals surface area contributed by atoms with Crippen molar-refractivity contribution in [2.45, 2.75) is 57.9 Å². The van der Waals surface area contributed by atoms with Crippen molar-refractivity contribution in [3.8, 4) is 0 Å². The Morgan fingerprint density at radius 2 is 2.27 bits per heavy atom. The summed E-state index contributed by atoms with van der Waals surface area (Å²) in [7, 11) is 0. The van der Waals surface area contributed by atoms with E-state index in [9.17, 15) is 4.79 Å². The summed E-state index contributed by atoms with van der Waals surface area (Å²) in [5.74, 6) is 0.0454. The number of aliphatic carboxylic acids is 1. The molecule has 0 aromatic rings. The molecule has 15 heavy (non-hydrogen) atoms. The fraction of sp³-hybridized carbons (Fsp3) is 0.917. The van der Waals surface area contributed by atoms with Gasteiger partial charge in [0, 0.05) is 5.54 Å². The number of rotatable bonds is 6. The van der Waals surface area contributed by atoms with Crippen molar-refractivity contribution >= 4 is 5.97 Å². The summed E-state index contributed by atoms with van der Waals surface area (Å²) < 4.78 is 0. The average Bonchev–Trinajstić information content (AvgIpc) is 2.58. The number of hydrogen-bond donors (Lipinski definition) is 2. The third kappa shape index (κ3) is 3.49. The van der Waals surface area contributed by atoms with Gasteiger partial charge in [-0.2, -0.15) is 0 Å². The van der Waals surface area contributed by atoms with E-state index in [0.29, 0.717) is 5.92 Å². The molecule has 3 heteroatoms. The lowest BCUT2D eigenvalue weighted by molar-refractivity contribution is -0.138. The molecule has 2 unspecified atom stereocenters. The minimum absolute atomic E-state index is 0.109. The van der Waals surface area contributed by atoms with Crippen LogP contribution in [0.25, 0.3) is 0 Å². The second-order valence-electron chi connectivity index (χ2n) is 4.79. The molecule has 0 bridgehead atoms. The van der Waals surface area contributed by atoms with Gasteiger partial charge in [0.05, 0.1) is 6.42 Å². The summed E-state index contributed by atoms with van der Waals surface area (Å²) in [4.78, 5) is 10.9. The molecule has 1 rings (SSSR count). The monoisotopic (exact) mass is 213 g/mol. The van der Waals surface area contributed by atoms with Gasteiger partial charge in [-0.05, 0) is 38.1 Å². The molecule has 1 fully saturated rings. The first kappa shape index (κ1) is 12.5. The molecule has 2 atom stereocenters. The van der Waals surface area contributed by atoms with E-state index in [-0.39, 0.29) is 12.0 Å². The van der Waals surface area contributed by atoms with Gasteiger partial charge in [-0.25, -0.2) is 0 Å². The van der Waals surface area contributed by atoms with Gasteiger partial charge in [-0.1, -0.05) is 20.3 Å². The lowest BCUT2D eigenvalue weighted by Crippen LogP contribution is -2.45. The van der Waals surface area contributed by atoms with Gasteiger partial charge in [0.2, 0.25) is 0 Å². The lowest BCUT2D eigenvalue weighted by atomic mass is 9.91. The molecule has 1 aliphatic rings. The van der Waals surface area contributed by atoms with E-state index in [1.54, 1.807) is 0 Å². The topological polar surface area (TPSA) is 49.3 Å². The molecule has 0 spiro atoms. The van der Waals surface area contributed by atoms with Crippen LogP contribution in [0.15, 0.2) is 0 Å². The summed E-state index contributed by atoms with van der Waals surface area (Å²) >= 11 is 0. The number of carbonyl (C=O) groups is 1.